The van der Waals surface area contributed by atoms with Crippen LogP contribution in [0.4, 0.5) is 11.4 Å². The van der Waals surface area contributed by atoms with E-state index >= 15 is 0 Å². The normalized spacial score (nSPS) is 16.3. The van der Waals surface area contributed by atoms with E-state index in [0.717, 1.165) is 49.9 Å². The first kappa shape index (κ1) is 16.7. The van der Waals surface area contributed by atoms with Gasteiger partial charge in [0.25, 0.3) is 0 Å². The van der Waals surface area contributed by atoms with Gasteiger partial charge >= 0.3 is 5.69 Å². The highest BCUT2D eigenvalue weighted by Crippen LogP contribution is 2.25. The summed E-state index contributed by atoms with van der Waals surface area (Å²) in [5.41, 5.74) is 16.1. The Labute approximate surface area is 152 Å². The minimum atomic E-state index is 0.00185. The van der Waals surface area contributed by atoms with Gasteiger partial charge in [-0.25, -0.2) is 4.79 Å². The number of anilines is 2. The Morgan fingerprint density at radius 1 is 1.04 bits per heavy atom. The molecule has 6 heteroatoms. The summed E-state index contributed by atoms with van der Waals surface area (Å²) >= 11 is 0. The van der Waals surface area contributed by atoms with Gasteiger partial charge in [-0.05, 0) is 49.1 Å². The fraction of sp³-hybridized carbons (Fsp3) is 0.350. The van der Waals surface area contributed by atoms with Crippen LogP contribution in [0.2, 0.25) is 0 Å². The van der Waals surface area contributed by atoms with Gasteiger partial charge in [0.05, 0.1) is 22.4 Å². The summed E-state index contributed by atoms with van der Waals surface area (Å²) in [6.45, 7) is 3.00. The van der Waals surface area contributed by atoms with Crippen LogP contribution in [-0.4, -0.2) is 34.1 Å². The van der Waals surface area contributed by atoms with E-state index in [-0.39, 0.29) is 11.7 Å². The van der Waals surface area contributed by atoms with Crippen LogP contribution in [0.1, 0.15) is 24.4 Å². The number of piperidine rings is 1. The fourth-order valence-electron chi connectivity index (χ4n) is 3.90. The van der Waals surface area contributed by atoms with Crippen LogP contribution in [0.3, 0.4) is 0 Å². The zero-order valence-electron chi connectivity index (χ0n) is 14.8. The van der Waals surface area contributed by atoms with E-state index in [2.05, 4.69) is 9.88 Å². The number of likely N-dealkylation sites (tertiary alicyclic amines) is 1. The summed E-state index contributed by atoms with van der Waals surface area (Å²) in [5, 5.41) is 0. The van der Waals surface area contributed by atoms with Crippen molar-refractivity contribution in [1.82, 2.24) is 14.5 Å². The maximum atomic E-state index is 12.4. The second-order valence-corrected chi connectivity index (χ2v) is 7.10. The molecule has 2 heterocycles. The lowest BCUT2D eigenvalue weighted by atomic mass is 10.0. The Balaban J connectivity index is 1.38. The molecule has 6 nitrogen and oxygen atoms in total. The zero-order valence-corrected chi connectivity index (χ0v) is 14.8. The fourth-order valence-corrected chi connectivity index (χ4v) is 3.90. The molecule has 0 aliphatic carbocycles. The van der Waals surface area contributed by atoms with Crippen LogP contribution in [0.15, 0.2) is 47.3 Å². The number of benzene rings is 2. The molecule has 4 rings (SSSR count). The number of nitrogens with one attached hydrogen (secondary N) is 1. The maximum Gasteiger partial charge on any atom is 0.326 e. The van der Waals surface area contributed by atoms with Crippen molar-refractivity contribution in [3.63, 3.8) is 0 Å². The predicted octanol–water partition coefficient (Wildman–Crippen LogP) is 2.37. The number of aromatic amines is 1. The standard InChI is InChI=1S/C20H25N5O/c21-16-6-5-14(13-17(16)22)7-10-24-11-8-15(9-12-24)25-19-4-2-1-3-18(19)23-20(25)26/h1-6,13,15H,7-12,21-22H2,(H,23,26). The third-order valence-electron chi connectivity index (χ3n) is 5.41. The number of imidazole rings is 1. The molecule has 26 heavy (non-hydrogen) atoms. The molecule has 1 aromatic heterocycles. The lowest BCUT2D eigenvalue weighted by Gasteiger charge is -2.32. The molecular formula is C20H25N5O. The third-order valence-corrected chi connectivity index (χ3v) is 5.41. The minimum Gasteiger partial charge on any atom is -0.397 e. The third kappa shape index (κ3) is 3.20. The Morgan fingerprint density at radius 2 is 1.81 bits per heavy atom. The number of aromatic nitrogens is 2. The van der Waals surface area contributed by atoms with E-state index in [9.17, 15) is 4.79 Å². The van der Waals surface area contributed by atoms with Gasteiger partial charge in [-0.3, -0.25) is 4.57 Å². The number of nitrogens with two attached hydrogens (primary N) is 2. The van der Waals surface area contributed by atoms with E-state index in [1.165, 1.54) is 5.56 Å². The molecular weight excluding hydrogens is 326 g/mol. The van der Waals surface area contributed by atoms with Crippen LogP contribution in [0, 0.1) is 0 Å². The molecule has 0 spiro atoms. The summed E-state index contributed by atoms with van der Waals surface area (Å²) in [4.78, 5) is 17.8. The summed E-state index contributed by atoms with van der Waals surface area (Å²) < 4.78 is 1.94. The highest BCUT2D eigenvalue weighted by Gasteiger charge is 2.23. The van der Waals surface area contributed by atoms with E-state index in [0.29, 0.717) is 11.4 Å². The maximum absolute atomic E-state index is 12.4. The Kier molecular flexibility index (Phi) is 4.42. The predicted molar refractivity (Wildman–Crippen MR) is 106 cm³/mol. The number of nitrogen functional groups attached to an aromatic ring is 2. The van der Waals surface area contributed by atoms with Crippen molar-refractivity contribution in [2.75, 3.05) is 31.1 Å². The first-order chi connectivity index (χ1) is 12.6. The molecule has 0 saturated carbocycles. The van der Waals surface area contributed by atoms with Crippen LogP contribution >= 0.6 is 0 Å². The zero-order chi connectivity index (χ0) is 18.1. The van der Waals surface area contributed by atoms with Gasteiger partial charge in [0.2, 0.25) is 0 Å². The van der Waals surface area contributed by atoms with Crippen LogP contribution in [-0.2, 0) is 6.42 Å². The lowest BCUT2D eigenvalue weighted by molar-refractivity contribution is 0.188. The molecule has 136 valence electrons. The van der Waals surface area contributed by atoms with Crippen molar-refractivity contribution in [3.05, 3.63) is 58.5 Å². The number of hydrogen-bond acceptors (Lipinski definition) is 4. The second-order valence-electron chi connectivity index (χ2n) is 7.10. The smallest absolute Gasteiger partial charge is 0.326 e. The largest absolute Gasteiger partial charge is 0.397 e. The molecule has 0 amide bonds. The van der Waals surface area contributed by atoms with Crippen molar-refractivity contribution in [2.45, 2.75) is 25.3 Å². The van der Waals surface area contributed by atoms with Crippen molar-refractivity contribution in [2.24, 2.45) is 0 Å². The van der Waals surface area contributed by atoms with E-state index in [1.54, 1.807) is 0 Å². The highest BCUT2D eigenvalue weighted by molar-refractivity contribution is 5.75. The Hall–Kier alpha value is -2.73. The van der Waals surface area contributed by atoms with Crippen molar-refractivity contribution < 1.29 is 0 Å². The van der Waals surface area contributed by atoms with Crippen molar-refractivity contribution >= 4 is 22.4 Å². The van der Waals surface area contributed by atoms with Crippen molar-refractivity contribution in [3.8, 4) is 0 Å². The number of hydrogen-bond donors (Lipinski definition) is 3. The molecule has 2 aromatic carbocycles. The summed E-state index contributed by atoms with van der Waals surface area (Å²) in [6.07, 6.45) is 2.94. The summed E-state index contributed by atoms with van der Waals surface area (Å²) in [6, 6.07) is 14.1. The minimum absolute atomic E-state index is 0.00185. The number of fused-ring (bicyclic) bond motifs is 1. The van der Waals surface area contributed by atoms with Gasteiger partial charge in [-0.1, -0.05) is 18.2 Å². The first-order valence-corrected chi connectivity index (χ1v) is 9.17. The molecule has 1 saturated heterocycles. The van der Waals surface area contributed by atoms with E-state index in [1.807, 2.05) is 47.0 Å². The van der Waals surface area contributed by atoms with E-state index < -0.39 is 0 Å². The molecule has 0 atom stereocenters. The first-order valence-electron chi connectivity index (χ1n) is 9.17. The van der Waals surface area contributed by atoms with E-state index in [4.69, 9.17) is 11.5 Å². The number of rotatable bonds is 4. The molecule has 0 unspecified atom stereocenters. The lowest BCUT2D eigenvalue weighted by Crippen LogP contribution is -2.38. The topological polar surface area (TPSA) is 93.1 Å². The molecule has 1 fully saturated rings. The number of nitrogens with zero attached hydrogens (tertiary/aromatic N) is 2. The van der Waals surface area contributed by atoms with Crippen molar-refractivity contribution in [1.29, 1.82) is 0 Å². The van der Waals surface area contributed by atoms with Gasteiger partial charge < -0.3 is 21.4 Å². The van der Waals surface area contributed by atoms with Gasteiger partial charge in [0, 0.05) is 25.7 Å². The molecule has 1 aliphatic heterocycles. The summed E-state index contributed by atoms with van der Waals surface area (Å²) in [7, 11) is 0. The quantitative estimate of drug-likeness (QED) is 0.629. The number of H-pyrrole nitrogens is 1. The average Bonchev–Trinajstić information content (AvgIpc) is 2.99. The average molecular weight is 351 g/mol. The molecule has 0 radical (unpaired) electrons. The van der Waals surface area contributed by atoms with Crippen LogP contribution in [0.5, 0.6) is 0 Å². The Morgan fingerprint density at radius 3 is 2.58 bits per heavy atom. The van der Waals surface area contributed by atoms with Gasteiger partial charge in [-0.15, -0.1) is 0 Å². The van der Waals surface area contributed by atoms with Gasteiger partial charge in [0.15, 0.2) is 0 Å². The SMILES string of the molecule is Nc1ccc(CCN2CCC(n3c(=O)[nH]c4ccccc43)CC2)cc1N. The summed E-state index contributed by atoms with van der Waals surface area (Å²) in [5.74, 6) is 0. The molecule has 5 N–H and O–H groups in total. The number of para-hydroxylation sites is 2. The van der Waals surface area contributed by atoms with Gasteiger partial charge in [0.1, 0.15) is 0 Å². The second kappa shape index (κ2) is 6.88. The molecule has 1 aliphatic rings. The Bertz CT molecular complexity index is 966. The monoisotopic (exact) mass is 351 g/mol. The van der Waals surface area contributed by atoms with Crippen LogP contribution in [0.25, 0.3) is 11.0 Å². The van der Waals surface area contributed by atoms with Crippen LogP contribution < -0.4 is 17.2 Å². The molecule has 3 aromatic rings. The van der Waals surface area contributed by atoms with Gasteiger partial charge in [-0.2, -0.15) is 0 Å². The molecule has 0 bridgehead atoms. The highest BCUT2D eigenvalue weighted by atomic mass is 16.1.